The number of hydrogen-bond donors (Lipinski definition) is 1. The Balaban J connectivity index is 2.12. The quantitative estimate of drug-likeness (QED) is 0.660. The average molecular weight is 155 g/mol. The number of unbranched alkanes of at least 4 members (excludes halogenated alkanes) is 1. The molecule has 1 aliphatic heterocycles. The second kappa shape index (κ2) is 4.76. The monoisotopic (exact) mass is 155 g/mol. The molecule has 1 rings (SSSR count). The van der Waals surface area contributed by atoms with Crippen molar-refractivity contribution in [1.82, 2.24) is 5.32 Å². The Bertz CT molecular complexity index is 101. The van der Waals surface area contributed by atoms with Gasteiger partial charge in [-0.15, -0.1) is 0 Å². The molecule has 2 atom stereocenters. The van der Waals surface area contributed by atoms with Crippen LogP contribution < -0.4 is 5.32 Å². The van der Waals surface area contributed by atoms with Crippen molar-refractivity contribution in [2.24, 2.45) is 5.92 Å². The smallest absolute Gasteiger partial charge is 0.00413 e. The molecular formula is C10H21N. The van der Waals surface area contributed by atoms with Gasteiger partial charge in [0.1, 0.15) is 0 Å². The standard InChI is InChI=1S/C10H21N/c1-3-4-5-10-6-7-11-9(2)8-10/h9-11H,3-8H2,1-2H3/t9?,10-/m0/s1. The van der Waals surface area contributed by atoms with Gasteiger partial charge in [-0.3, -0.25) is 0 Å². The van der Waals surface area contributed by atoms with Crippen LogP contribution in [0.25, 0.3) is 0 Å². The molecular weight excluding hydrogens is 134 g/mol. The highest BCUT2D eigenvalue weighted by Crippen LogP contribution is 2.21. The van der Waals surface area contributed by atoms with Crippen LogP contribution >= 0.6 is 0 Å². The Hall–Kier alpha value is -0.0400. The summed E-state index contributed by atoms with van der Waals surface area (Å²) in [4.78, 5) is 0. The Morgan fingerprint density at radius 1 is 1.45 bits per heavy atom. The van der Waals surface area contributed by atoms with Gasteiger partial charge in [-0.2, -0.15) is 0 Å². The minimum atomic E-state index is 0.769. The molecule has 1 unspecified atom stereocenters. The second-order valence-corrected chi connectivity index (χ2v) is 3.89. The molecule has 0 aromatic carbocycles. The van der Waals surface area contributed by atoms with Crippen LogP contribution in [0.2, 0.25) is 0 Å². The van der Waals surface area contributed by atoms with Gasteiger partial charge < -0.3 is 5.32 Å². The zero-order chi connectivity index (χ0) is 8.10. The van der Waals surface area contributed by atoms with Crippen molar-refractivity contribution in [1.29, 1.82) is 0 Å². The van der Waals surface area contributed by atoms with E-state index in [1.807, 2.05) is 0 Å². The zero-order valence-electron chi connectivity index (χ0n) is 7.90. The van der Waals surface area contributed by atoms with E-state index >= 15 is 0 Å². The van der Waals surface area contributed by atoms with E-state index in [1.165, 1.54) is 38.6 Å². The van der Waals surface area contributed by atoms with E-state index < -0.39 is 0 Å². The van der Waals surface area contributed by atoms with Crippen LogP contribution in [0.3, 0.4) is 0 Å². The summed E-state index contributed by atoms with van der Waals surface area (Å²) in [6.07, 6.45) is 7.06. The van der Waals surface area contributed by atoms with E-state index in [4.69, 9.17) is 0 Å². The van der Waals surface area contributed by atoms with Crippen molar-refractivity contribution >= 4 is 0 Å². The van der Waals surface area contributed by atoms with E-state index in [9.17, 15) is 0 Å². The van der Waals surface area contributed by atoms with Gasteiger partial charge in [0.05, 0.1) is 0 Å². The highest BCUT2D eigenvalue weighted by Gasteiger charge is 2.16. The molecule has 0 aliphatic carbocycles. The van der Waals surface area contributed by atoms with E-state index in [-0.39, 0.29) is 0 Å². The van der Waals surface area contributed by atoms with Crippen LogP contribution in [0.15, 0.2) is 0 Å². The van der Waals surface area contributed by atoms with Crippen LogP contribution in [0.1, 0.15) is 46.0 Å². The van der Waals surface area contributed by atoms with Crippen LogP contribution in [-0.4, -0.2) is 12.6 Å². The van der Waals surface area contributed by atoms with Crippen molar-refractivity contribution in [2.45, 2.75) is 52.0 Å². The SMILES string of the molecule is CCCC[C@H]1CCNC(C)C1. The maximum absolute atomic E-state index is 3.49. The predicted octanol–water partition coefficient (Wildman–Crippen LogP) is 2.56. The molecule has 0 spiro atoms. The van der Waals surface area contributed by atoms with Crippen LogP contribution in [0.4, 0.5) is 0 Å². The Morgan fingerprint density at radius 3 is 2.91 bits per heavy atom. The third-order valence-electron chi connectivity index (χ3n) is 2.70. The molecule has 1 nitrogen and oxygen atoms in total. The number of hydrogen-bond acceptors (Lipinski definition) is 1. The minimum Gasteiger partial charge on any atom is -0.314 e. The first-order valence-corrected chi connectivity index (χ1v) is 5.06. The molecule has 0 aromatic heterocycles. The largest absolute Gasteiger partial charge is 0.314 e. The molecule has 0 saturated carbocycles. The van der Waals surface area contributed by atoms with Crippen LogP contribution in [0.5, 0.6) is 0 Å². The molecule has 0 amide bonds. The minimum absolute atomic E-state index is 0.769. The topological polar surface area (TPSA) is 12.0 Å². The van der Waals surface area contributed by atoms with Gasteiger partial charge in [0.15, 0.2) is 0 Å². The summed E-state index contributed by atoms with van der Waals surface area (Å²) in [5.41, 5.74) is 0. The Labute approximate surface area is 70.6 Å². The summed E-state index contributed by atoms with van der Waals surface area (Å²) in [7, 11) is 0. The summed E-state index contributed by atoms with van der Waals surface area (Å²) in [6.45, 7) is 5.83. The highest BCUT2D eigenvalue weighted by atomic mass is 14.9. The first-order valence-electron chi connectivity index (χ1n) is 5.06. The summed E-state index contributed by atoms with van der Waals surface area (Å²) in [6, 6.07) is 0.769. The van der Waals surface area contributed by atoms with Crippen LogP contribution in [0, 0.1) is 5.92 Å². The van der Waals surface area contributed by atoms with Gasteiger partial charge in [0, 0.05) is 6.04 Å². The highest BCUT2D eigenvalue weighted by molar-refractivity contribution is 4.74. The molecule has 0 bridgehead atoms. The maximum Gasteiger partial charge on any atom is 0.00413 e. The summed E-state index contributed by atoms with van der Waals surface area (Å²) < 4.78 is 0. The van der Waals surface area contributed by atoms with Crippen molar-refractivity contribution < 1.29 is 0 Å². The molecule has 0 aromatic rings. The lowest BCUT2D eigenvalue weighted by atomic mass is 9.89. The fourth-order valence-corrected chi connectivity index (χ4v) is 1.99. The predicted molar refractivity (Wildman–Crippen MR) is 49.7 cm³/mol. The second-order valence-electron chi connectivity index (χ2n) is 3.89. The maximum atomic E-state index is 3.49. The van der Waals surface area contributed by atoms with Crippen molar-refractivity contribution in [3.8, 4) is 0 Å². The number of piperidine rings is 1. The van der Waals surface area contributed by atoms with Crippen molar-refractivity contribution in [2.75, 3.05) is 6.54 Å². The first-order chi connectivity index (χ1) is 5.33. The van der Waals surface area contributed by atoms with Gasteiger partial charge in [-0.05, 0) is 32.2 Å². The molecule has 0 radical (unpaired) electrons. The lowest BCUT2D eigenvalue weighted by Crippen LogP contribution is -2.35. The normalized spacial score (nSPS) is 32.2. The lowest BCUT2D eigenvalue weighted by Gasteiger charge is -2.27. The summed E-state index contributed by atoms with van der Waals surface area (Å²) >= 11 is 0. The van der Waals surface area contributed by atoms with E-state index in [2.05, 4.69) is 19.2 Å². The average Bonchev–Trinajstić information content (AvgIpc) is 2.01. The van der Waals surface area contributed by atoms with Crippen molar-refractivity contribution in [3.63, 3.8) is 0 Å². The Morgan fingerprint density at radius 2 is 2.27 bits per heavy atom. The van der Waals surface area contributed by atoms with Crippen LogP contribution in [-0.2, 0) is 0 Å². The Kier molecular flexibility index (Phi) is 3.92. The fourth-order valence-electron chi connectivity index (χ4n) is 1.99. The zero-order valence-corrected chi connectivity index (χ0v) is 7.90. The molecule has 1 saturated heterocycles. The first kappa shape index (κ1) is 9.05. The van der Waals surface area contributed by atoms with Crippen molar-refractivity contribution in [3.05, 3.63) is 0 Å². The molecule has 1 N–H and O–H groups in total. The summed E-state index contributed by atoms with van der Waals surface area (Å²) in [5.74, 6) is 1.02. The third-order valence-corrected chi connectivity index (χ3v) is 2.70. The van der Waals surface area contributed by atoms with E-state index in [0.717, 1.165) is 12.0 Å². The van der Waals surface area contributed by atoms with Gasteiger partial charge in [-0.25, -0.2) is 0 Å². The molecule has 1 aliphatic rings. The van der Waals surface area contributed by atoms with Gasteiger partial charge >= 0.3 is 0 Å². The van der Waals surface area contributed by atoms with E-state index in [1.54, 1.807) is 0 Å². The molecule has 11 heavy (non-hydrogen) atoms. The molecule has 1 heteroatoms. The third kappa shape index (κ3) is 3.24. The molecule has 1 fully saturated rings. The fraction of sp³-hybridized carbons (Fsp3) is 1.00. The number of nitrogens with one attached hydrogen (secondary N) is 1. The van der Waals surface area contributed by atoms with Gasteiger partial charge in [0.2, 0.25) is 0 Å². The van der Waals surface area contributed by atoms with Gasteiger partial charge in [0.25, 0.3) is 0 Å². The molecule has 66 valence electrons. The number of rotatable bonds is 3. The van der Waals surface area contributed by atoms with Gasteiger partial charge in [-0.1, -0.05) is 26.2 Å². The van der Waals surface area contributed by atoms with E-state index in [0.29, 0.717) is 0 Å². The summed E-state index contributed by atoms with van der Waals surface area (Å²) in [5, 5.41) is 3.49. The lowest BCUT2D eigenvalue weighted by molar-refractivity contribution is 0.295. The molecule has 1 heterocycles.